The number of nitrogens with zero attached hydrogens (tertiary/aromatic N) is 1. The molecule has 0 fully saturated rings. The van der Waals surface area contributed by atoms with Gasteiger partial charge < -0.3 is 15.0 Å². The Morgan fingerprint density at radius 2 is 1.77 bits per heavy atom. The van der Waals surface area contributed by atoms with Crippen LogP contribution in [0, 0.1) is 0 Å². The van der Waals surface area contributed by atoms with Crippen molar-refractivity contribution >= 4 is 27.7 Å². The SMILES string of the molecule is CC[C@@H](C)NC(=O)[C@@H](C)N(Cc1cccc(Br)c1)C(=O)COc1ccccc1C(C)C. The van der Waals surface area contributed by atoms with E-state index in [1.807, 2.05) is 62.4 Å². The molecule has 2 rings (SSSR count). The van der Waals surface area contributed by atoms with Gasteiger partial charge in [-0.3, -0.25) is 9.59 Å². The molecule has 0 heterocycles. The van der Waals surface area contributed by atoms with Crippen molar-refractivity contribution in [3.8, 4) is 5.75 Å². The van der Waals surface area contributed by atoms with Crippen molar-refractivity contribution in [3.63, 3.8) is 0 Å². The van der Waals surface area contributed by atoms with Crippen molar-refractivity contribution in [2.45, 2.75) is 65.6 Å². The van der Waals surface area contributed by atoms with Crippen molar-refractivity contribution in [1.82, 2.24) is 10.2 Å². The predicted octanol–water partition coefficient (Wildman–Crippen LogP) is 5.28. The Morgan fingerprint density at radius 3 is 2.42 bits per heavy atom. The molecule has 0 aromatic heterocycles. The summed E-state index contributed by atoms with van der Waals surface area (Å²) >= 11 is 3.47. The minimum atomic E-state index is -0.621. The number of hydrogen-bond donors (Lipinski definition) is 1. The molecule has 31 heavy (non-hydrogen) atoms. The molecule has 2 amide bonds. The van der Waals surface area contributed by atoms with Gasteiger partial charge in [-0.1, -0.05) is 67.0 Å². The Kier molecular flexibility index (Phi) is 9.56. The van der Waals surface area contributed by atoms with Gasteiger partial charge in [0.05, 0.1) is 0 Å². The number of carbonyl (C=O) groups excluding carboxylic acids is 2. The lowest BCUT2D eigenvalue weighted by molar-refractivity contribution is -0.142. The lowest BCUT2D eigenvalue weighted by Crippen LogP contribution is -2.50. The first-order valence-electron chi connectivity index (χ1n) is 10.8. The maximum absolute atomic E-state index is 13.2. The number of rotatable bonds is 10. The van der Waals surface area contributed by atoms with Crippen LogP contribution in [0.3, 0.4) is 0 Å². The number of benzene rings is 2. The van der Waals surface area contributed by atoms with Crippen LogP contribution in [0.1, 0.15) is 58.1 Å². The van der Waals surface area contributed by atoms with E-state index in [1.165, 1.54) is 0 Å². The highest BCUT2D eigenvalue weighted by atomic mass is 79.9. The van der Waals surface area contributed by atoms with Gasteiger partial charge in [0, 0.05) is 17.1 Å². The average molecular weight is 489 g/mol. The summed E-state index contributed by atoms with van der Waals surface area (Å²) in [5.74, 6) is 0.583. The number of nitrogens with one attached hydrogen (secondary N) is 1. The van der Waals surface area contributed by atoms with Crippen molar-refractivity contribution < 1.29 is 14.3 Å². The van der Waals surface area contributed by atoms with Gasteiger partial charge in [-0.25, -0.2) is 0 Å². The third-order valence-electron chi connectivity index (χ3n) is 5.30. The van der Waals surface area contributed by atoms with Crippen LogP contribution in [0.4, 0.5) is 0 Å². The fourth-order valence-electron chi connectivity index (χ4n) is 3.19. The van der Waals surface area contributed by atoms with Crippen molar-refractivity contribution in [1.29, 1.82) is 0 Å². The zero-order chi connectivity index (χ0) is 23.0. The zero-order valence-corrected chi connectivity index (χ0v) is 20.6. The van der Waals surface area contributed by atoms with E-state index >= 15 is 0 Å². The average Bonchev–Trinajstić information content (AvgIpc) is 2.75. The van der Waals surface area contributed by atoms with E-state index in [0.717, 1.165) is 22.0 Å². The van der Waals surface area contributed by atoms with E-state index in [1.54, 1.807) is 11.8 Å². The number of hydrogen-bond acceptors (Lipinski definition) is 3. The summed E-state index contributed by atoms with van der Waals surface area (Å²) in [6.45, 7) is 10.1. The molecule has 0 aliphatic rings. The summed E-state index contributed by atoms with van der Waals surface area (Å²) in [7, 11) is 0. The summed E-state index contributed by atoms with van der Waals surface area (Å²) < 4.78 is 6.83. The molecule has 2 aromatic carbocycles. The molecule has 5 nitrogen and oxygen atoms in total. The van der Waals surface area contributed by atoms with Gasteiger partial charge in [0.15, 0.2) is 6.61 Å². The van der Waals surface area contributed by atoms with Gasteiger partial charge in [0.25, 0.3) is 5.91 Å². The first-order valence-corrected chi connectivity index (χ1v) is 11.6. The van der Waals surface area contributed by atoms with Crippen LogP contribution in [-0.4, -0.2) is 35.4 Å². The molecule has 0 unspecified atom stereocenters. The second kappa shape index (κ2) is 11.9. The quantitative estimate of drug-likeness (QED) is 0.494. The van der Waals surface area contributed by atoms with E-state index < -0.39 is 6.04 Å². The van der Waals surface area contributed by atoms with E-state index in [0.29, 0.717) is 12.3 Å². The Labute approximate surface area is 194 Å². The van der Waals surface area contributed by atoms with Crippen LogP contribution in [-0.2, 0) is 16.1 Å². The number of ether oxygens (including phenoxy) is 1. The van der Waals surface area contributed by atoms with Crippen molar-refractivity contribution in [3.05, 3.63) is 64.1 Å². The smallest absolute Gasteiger partial charge is 0.261 e. The van der Waals surface area contributed by atoms with E-state index in [9.17, 15) is 9.59 Å². The topological polar surface area (TPSA) is 58.6 Å². The summed E-state index contributed by atoms with van der Waals surface area (Å²) in [6, 6.07) is 14.9. The second-order valence-electron chi connectivity index (χ2n) is 8.13. The standard InChI is InChI=1S/C25H33BrN2O3/c1-6-18(4)27-25(30)19(5)28(15-20-10-9-11-21(26)14-20)24(29)16-31-23-13-8-7-12-22(23)17(2)3/h7-14,17-19H,6,15-16H2,1-5H3,(H,27,30)/t18-,19-/m1/s1. The van der Waals surface area contributed by atoms with Crippen molar-refractivity contribution in [2.24, 2.45) is 0 Å². The Hall–Kier alpha value is -2.34. The van der Waals surface area contributed by atoms with E-state index in [-0.39, 0.29) is 30.4 Å². The molecule has 0 bridgehead atoms. The maximum atomic E-state index is 13.2. The van der Waals surface area contributed by atoms with Gasteiger partial charge in [-0.2, -0.15) is 0 Å². The molecule has 1 N–H and O–H groups in total. The maximum Gasteiger partial charge on any atom is 0.261 e. The van der Waals surface area contributed by atoms with Crippen LogP contribution in [0.15, 0.2) is 53.0 Å². The molecule has 0 spiro atoms. The fraction of sp³-hybridized carbons (Fsp3) is 0.440. The second-order valence-corrected chi connectivity index (χ2v) is 9.04. The number of para-hydroxylation sites is 1. The van der Waals surface area contributed by atoms with Crippen molar-refractivity contribution in [2.75, 3.05) is 6.61 Å². The number of amides is 2. The summed E-state index contributed by atoms with van der Waals surface area (Å²) in [5, 5.41) is 2.98. The van der Waals surface area contributed by atoms with Gasteiger partial charge in [0.2, 0.25) is 5.91 Å². The Balaban J connectivity index is 2.20. The minimum absolute atomic E-state index is 0.0481. The van der Waals surface area contributed by atoms with Gasteiger partial charge in [-0.15, -0.1) is 0 Å². The molecule has 0 aliphatic carbocycles. The predicted molar refractivity (Wildman–Crippen MR) is 128 cm³/mol. The highest BCUT2D eigenvalue weighted by Crippen LogP contribution is 2.26. The molecule has 168 valence electrons. The Bertz CT molecular complexity index is 885. The first kappa shape index (κ1) is 24.9. The molecule has 2 aromatic rings. The van der Waals surface area contributed by atoms with Gasteiger partial charge in [0.1, 0.15) is 11.8 Å². The highest BCUT2D eigenvalue weighted by molar-refractivity contribution is 9.10. The van der Waals surface area contributed by atoms with Crippen LogP contribution in [0.25, 0.3) is 0 Å². The largest absolute Gasteiger partial charge is 0.483 e. The molecule has 0 saturated carbocycles. The lowest BCUT2D eigenvalue weighted by Gasteiger charge is -2.30. The fourth-order valence-corrected chi connectivity index (χ4v) is 3.64. The molecule has 0 aliphatic heterocycles. The number of halogens is 1. The molecule has 6 heteroatoms. The zero-order valence-electron chi connectivity index (χ0n) is 19.0. The third kappa shape index (κ3) is 7.39. The lowest BCUT2D eigenvalue weighted by atomic mass is 10.0. The third-order valence-corrected chi connectivity index (χ3v) is 5.80. The molecule has 0 radical (unpaired) electrons. The van der Waals surface area contributed by atoms with E-state index in [2.05, 4.69) is 35.1 Å². The van der Waals surface area contributed by atoms with Gasteiger partial charge >= 0.3 is 0 Å². The summed E-state index contributed by atoms with van der Waals surface area (Å²) in [6.07, 6.45) is 0.827. The number of carbonyl (C=O) groups is 2. The summed E-state index contributed by atoms with van der Waals surface area (Å²) in [4.78, 5) is 27.6. The molecular weight excluding hydrogens is 456 g/mol. The first-order chi connectivity index (χ1) is 14.7. The molecular formula is C25H33BrN2O3. The minimum Gasteiger partial charge on any atom is -0.483 e. The Morgan fingerprint density at radius 1 is 1.06 bits per heavy atom. The molecule has 2 atom stereocenters. The van der Waals surface area contributed by atoms with Gasteiger partial charge in [-0.05, 0) is 55.5 Å². The molecule has 0 saturated heterocycles. The van der Waals surface area contributed by atoms with E-state index in [4.69, 9.17) is 4.74 Å². The van der Waals surface area contributed by atoms with Crippen LogP contribution in [0.2, 0.25) is 0 Å². The van der Waals surface area contributed by atoms with Crippen LogP contribution >= 0.6 is 15.9 Å². The monoisotopic (exact) mass is 488 g/mol. The normalized spacial score (nSPS) is 12.9. The summed E-state index contributed by atoms with van der Waals surface area (Å²) in [5.41, 5.74) is 1.99. The van der Waals surface area contributed by atoms with Crippen LogP contribution in [0.5, 0.6) is 5.75 Å². The van der Waals surface area contributed by atoms with Crippen LogP contribution < -0.4 is 10.1 Å². The highest BCUT2D eigenvalue weighted by Gasteiger charge is 2.27.